The van der Waals surface area contributed by atoms with E-state index in [0.717, 1.165) is 43.0 Å². The summed E-state index contributed by atoms with van der Waals surface area (Å²) in [5.74, 6) is 1.89. The molecule has 5 heteroatoms. The first-order chi connectivity index (χ1) is 10.9. The van der Waals surface area contributed by atoms with Crippen molar-refractivity contribution in [1.29, 1.82) is 0 Å². The zero-order chi connectivity index (χ0) is 16.6. The highest BCUT2D eigenvalue weighted by Crippen LogP contribution is 2.26. The lowest BCUT2D eigenvalue weighted by atomic mass is 10.1. The largest absolute Gasteiger partial charge is 0.332 e. The molecule has 0 aliphatic carbocycles. The van der Waals surface area contributed by atoms with Crippen LogP contribution in [-0.4, -0.2) is 44.8 Å². The van der Waals surface area contributed by atoms with Gasteiger partial charge in [0.15, 0.2) is 0 Å². The molecule has 1 amide bonds. The molecule has 1 aromatic rings. The third-order valence-electron chi connectivity index (χ3n) is 4.91. The Labute approximate surface area is 139 Å². The van der Waals surface area contributed by atoms with Crippen LogP contribution < -0.4 is 0 Å². The summed E-state index contributed by atoms with van der Waals surface area (Å²) in [5, 5.41) is 0. The zero-order valence-corrected chi connectivity index (χ0v) is 14.7. The van der Waals surface area contributed by atoms with Gasteiger partial charge in [-0.1, -0.05) is 13.8 Å². The monoisotopic (exact) mass is 316 g/mol. The quantitative estimate of drug-likeness (QED) is 0.855. The summed E-state index contributed by atoms with van der Waals surface area (Å²) in [6.45, 7) is 12.0. The van der Waals surface area contributed by atoms with Crippen LogP contribution in [-0.2, 0) is 24.3 Å². The predicted octanol–water partition coefficient (Wildman–Crippen LogP) is 2.25. The van der Waals surface area contributed by atoms with Crippen LogP contribution in [0.4, 0.5) is 0 Å². The van der Waals surface area contributed by atoms with Crippen molar-refractivity contribution in [2.24, 2.45) is 11.8 Å². The van der Waals surface area contributed by atoms with Crippen molar-refractivity contribution >= 4 is 5.91 Å². The van der Waals surface area contributed by atoms with Crippen LogP contribution in [0.15, 0.2) is 6.20 Å². The lowest BCUT2D eigenvalue weighted by molar-refractivity contribution is -0.135. The first-order valence-electron chi connectivity index (χ1n) is 8.80. The summed E-state index contributed by atoms with van der Waals surface area (Å²) in [7, 11) is 0. The minimum atomic E-state index is 0.148. The molecule has 1 aromatic heterocycles. The van der Waals surface area contributed by atoms with Gasteiger partial charge in [-0.15, -0.1) is 0 Å². The van der Waals surface area contributed by atoms with Gasteiger partial charge in [0, 0.05) is 37.3 Å². The molecule has 1 saturated heterocycles. The fraction of sp³-hybridized carbons (Fsp3) is 0.722. The molecule has 1 atom stereocenters. The highest BCUT2D eigenvalue weighted by atomic mass is 16.2. The molecule has 0 aromatic carbocycles. The van der Waals surface area contributed by atoms with Crippen LogP contribution >= 0.6 is 0 Å². The summed E-state index contributed by atoms with van der Waals surface area (Å²) >= 11 is 0. The Morgan fingerprint density at radius 2 is 2.09 bits per heavy atom. The fourth-order valence-corrected chi connectivity index (χ4v) is 3.53. The Bertz CT molecular complexity index is 584. The van der Waals surface area contributed by atoms with E-state index in [1.165, 1.54) is 0 Å². The van der Waals surface area contributed by atoms with E-state index in [0.29, 0.717) is 25.0 Å². The minimum Gasteiger partial charge on any atom is -0.332 e. The first kappa shape index (κ1) is 16.4. The van der Waals surface area contributed by atoms with Gasteiger partial charge < -0.3 is 9.80 Å². The number of carbonyl (C=O) groups is 1. The summed E-state index contributed by atoms with van der Waals surface area (Å²) in [4.78, 5) is 26.3. The molecular formula is C18H28N4O. The van der Waals surface area contributed by atoms with Crippen LogP contribution in [0.2, 0.25) is 0 Å². The topological polar surface area (TPSA) is 49.3 Å². The third kappa shape index (κ3) is 3.55. The van der Waals surface area contributed by atoms with Gasteiger partial charge >= 0.3 is 0 Å². The average molecular weight is 316 g/mol. The number of aromatic nitrogens is 2. The average Bonchev–Trinajstić information content (AvgIpc) is 3.12. The van der Waals surface area contributed by atoms with Gasteiger partial charge in [-0.25, -0.2) is 9.97 Å². The molecule has 0 radical (unpaired) electrons. The van der Waals surface area contributed by atoms with Gasteiger partial charge in [0.05, 0.1) is 18.2 Å². The van der Waals surface area contributed by atoms with Gasteiger partial charge in [0.25, 0.3) is 0 Å². The van der Waals surface area contributed by atoms with Crippen LogP contribution in [0.1, 0.15) is 51.2 Å². The molecule has 0 bridgehead atoms. The SMILES string of the molecule is CC(C)Cc1ncc2c(n1)CN(C(=O)C1CCN(C(C)C)C1)C2. The summed E-state index contributed by atoms with van der Waals surface area (Å²) < 4.78 is 0. The molecule has 1 fully saturated rings. The molecule has 2 aliphatic heterocycles. The van der Waals surface area contributed by atoms with Crippen molar-refractivity contribution in [2.75, 3.05) is 13.1 Å². The van der Waals surface area contributed by atoms with E-state index >= 15 is 0 Å². The van der Waals surface area contributed by atoms with E-state index in [1.807, 2.05) is 11.1 Å². The Balaban J connectivity index is 1.64. The van der Waals surface area contributed by atoms with Crippen LogP contribution in [0.5, 0.6) is 0 Å². The normalized spacial score (nSPS) is 21.5. The Hall–Kier alpha value is -1.49. The van der Waals surface area contributed by atoms with Crippen LogP contribution in [0, 0.1) is 11.8 Å². The molecule has 3 heterocycles. The van der Waals surface area contributed by atoms with Gasteiger partial charge in [-0.2, -0.15) is 0 Å². The third-order valence-corrected chi connectivity index (χ3v) is 4.91. The second-order valence-corrected chi connectivity index (χ2v) is 7.62. The predicted molar refractivity (Wildman–Crippen MR) is 89.6 cm³/mol. The van der Waals surface area contributed by atoms with Crippen molar-refractivity contribution in [2.45, 2.75) is 59.7 Å². The number of rotatable bonds is 4. The van der Waals surface area contributed by atoms with Crippen molar-refractivity contribution in [3.05, 3.63) is 23.3 Å². The van der Waals surface area contributed by atoms with E-state index in [4.69, 9.17) is 0 Å². The Kier molecular flexibility index (Phi) is 4.67. The summed E-state index contributed by atoms with van der Waals surface area (Å²) in [5.41, 5.74) is 2.16. The Morgan fingerprint density at radius 3 is 2.74 bits per heavy atom. The zero-order valence-electron chi connectivity index (χ0n) is 14.7. The van der Waals surface area contributed by atoms with E-state index in [1.54, 1.807) is 0 Å². The standard InChI is InChI=1S/C18H28N4O/c1-12(2)7-17-19-8-15-10-22(11-16(15)20-17)18(23)14-5-6-21(9-14)13(3)4/h8,12-14H,5-7,9-11H2,1-4H3. The Morgan fingerprint density at radius 1 is 1.30 bits per heavy atom. The summed E-state index contributed by atoms with van der Waals surface area (Å²) in [6.07, 6.45) is 3.80. The lowest BCUT2D eigenvalue weighted by Crippen LogP contribution is -2.35. The van der Waals surface area contributed by atoms with E-state index in [9.17, 15) is 4.79 Å². The second kappa shape index (κ2) is 6.56. The number of carbonyl (C=O) groups excluding carboxylic acids is 1. The molecule has 0 spiro atoms. The maximum absolute atomic E-state index is 12.8. The maximum Gasteiger partial charge on any atom is 0.227 e. The van der Waals surface area contributed by atoms with E-state index < -0.39 is 0 Å². The van der Waals surface area contributed by atoms with Crippen molar-refractivity contribution in [1.82, 2.24) is 19.8 Å². The highest BCUT2D eigenvalue weighted by Gasteiger charge is 2.35. The lowest BCUT2D eigenvalue weighted by Gasteiger charge is -2.22. The number of amides is 1. The molecule has 2 aliphatic rings. The van der Waals surface area contributed by atoms with Crippen molar-refractivity contribution in [3.8, 4) is 0 Å². The number of hydrogen-bond donors (Lipinski definition) is 0. The molecule has 126 valence electrons. The first-order valence-corrected chi connectivity index (χ1v) is 8.80. The number of hydrogen-bond acceptors (Lipinski definition) is 4. The maximum atomic E-state index is 12.8. The van der Waals surface area contributed by atoms with Crippen molar-refractivity contribution < 1.29 is 4.79 Å². The number of fused-ring (bicyclic) bond motifs is 1. The molecule has 1 unspecified atom stereocenters. The van der Waals surface area contributed by atoms with Gasteiger partial charge in [-0.3, -0.25) is 4.79 Å². The molecule has 23 heavy (non-hydrogen) atoms. The van der Waals surface area contributed by atoms with E-state index in [-0.39, 0.29) is 11.8 Å². The summed E-state index contributed by atoms with van der Waals surface area (Å²) in [6, 6.07) is 0.521. The van der Waals surface area contributed by atoms with Crippen LogP contribution in [0.3, 0.4) is 0 Å². The van der Waals surface area contributed by atoms with Crippen LogP contribution in [0.25, 0.3) is 0 Å². The van der Waals surface area contributed by atoms with E-state index in [2.05, 4.69) is 42.6 Å². The molecule has 0 saturated carbocycles. The van der Waals surface area contributed by atoms with Gasteiger partial charge in [0.1, 0.15) is 5.82 Å². The highest BCUT2D eigenvalue weighted by molar-refractivity contribution is 5.80. The van der Waals surface area contributed by atoms with Crippen molar-refractivity contribution in [3.63, 3.8) is 0 Å². The van der Waals surface area contributed by atoms with Gasteiger partial charge in [0.2, 0.25) is 5.91 Å². The molecule has 3 rings (SSSR count). The fourth-order valence-electron chi connectivity index (χ4n) is 3.53. The molecule has 0 N–H and O–H groups in total. The smallest absolute Gasteiger partial charge is 0.227 e. The molecule has 5 nitrogen and oxygen atoms in total. The number of nitrogens with zero attached hydrogens (tertiary/aromatic N) is 4. The molecular weight excluding hydrogens is 288 g/mol. The minimum absolute atomic E-state index is 0.148. The second-order valence-electron chi connectivity index (χ2n) is 7.62. The van der Waals surface area contributed by atoms with Gasteiger partial charge in [-0.05, 0) is 32.7 Å². The number of likely N-dealkylation sites (tertiary alicyclic amines) is 1.